The zero-order valence-corrected chi connectivity index (χ0v) is 14.7. The number of fused-ring (bicyclic) bond motifs is 1. The van der Waals surface area contributed by atoms with Crippen molar-refractivity contribution in [3.05, 3.63) is 70.3 Å². The number of hydrogen-bond donors (Lipinski definition) is 3. The Bertz CT molecular complexity index is 981. The first-order valence-electron chi connectivity index (χ1n) is 8.26. The van der Waals surface area contributed by atoms with Crippen molar-refractivity contribution in [3.63, 3.8) is 0 Å². The number of pyridine rings is 2. The van der Waals surface area contributed by atoms with Crippen LogP contribution < -0.4 is 16.2 Å². The molecule has 3 N–H and O–H groups in total. The van der Waals surface area contributed by atoms with Gasteiger partial charge in [-0.1, -0.05) is 18.2 Å². The minimum absolute atomic E-state index is 0.136. The van der Waals surface area contributed by atoms with Crippen LogP contribution in [-0.4, -0.2) is 35.0 Å². The number of para-hydroxylation sites is 1. The van der Waals surface area contributed by atoms with Crippen LogP contribution in [0.2, 0.25) is 0 Å². The molecule has 26 heavy (non-hydrogen) atoms. The standard InChI is InChI=1S/C19H21N5O2/c1-24(2)12-13-7-16(11-20-9-13)22-19(26)21-10-15-8-14-5-3-4-6-17(14)23-18(15)25/h3-9,11H,10,12H2,1-2H3,(H,23,25)(H2,21,22,26). The number of benzene rings is 1. The van der Waals surface area contributed by atoms with Gasteiger partial charge in [0.2, 0.25) is 0 Å². The zero-order valence-electron chi connectivity index (χ0n) is 14.7. The number of urea groups is 1. The summed E-state index contributed by atoms with van der Waals surface area (Å²) < 4.78 is 0. The van der Waals surface area contributed by atoms with Crippen LogP contribution in [0.1, 0.15) is 11.1 Å². The molecule has 0 aliphatic heterocycles. The number of anilines is 1. The second-order valence-corrected chi connectivity index (χ2v) is 6.34. The van der Waals surface area contributed by atoms with Gasteiger partial charge in [-0.05, 0) is 43.2 Å². The highest BCUT2D eigenvalue weighted by molar-refractivity contribution is 5.89. The van der Waals surface area contributed by atoms with Crippen molar-refractivity contribution in [2.45, 2.75) is 13.1 Å². The van der Waals surface area contributed by atoms with E-state index in [0.717, 1.165) is 23.0 Å². The van der Waals surface area contributed by atoms with E-state index in [1.54, 1.807) is 18.5 Å². The highest BCUT2D eigenvalue weighted by Crippen LogP contribution is 2.11. The predicted octanol–water partition coefficient (Wildman–Crippen LogP) is 2.31. The number of carbonyl (C=O) groups is 1. The fraction of sp³-hybridized carbons (Fsp3) is 0.211. The number of rotatable bonds is 5. The maximum Gasteiger partial charge on any atom is 0.319 e. The SMILES string of the molecule is CN(C)Cc1cncc(NC(=O)NCc2cc3ccccc3[nH]c2=O)c1. The first-order valence-corrected chi connectivity index (χ1v) is 8.26. The van der Waals surface area contributed by atoms with Crippen molar-refractivity contribution in [1.29, 1.82) is 0 Å². The van der Waals surface area contributed by atoms with Crippen LogP contribution in [0.15, 0.2) is 53.6 Å². The van der Waals surface area contributed by atoms with E-state index < -0.39 is 0 Å². The Balaban J connectivity index is 1.64. The molecule has 7 heteroatoms. The molecule has 0 atom stereocenters. The number of amides is 2. The van der Waals surface area contributed by atoms with Gasteiger partial charge >= 0.3 is 6.03 Å². The van der Waals surface area contributed by atoms with Crippen LogP contribution in [0, 0.1) is 0 Å². The third-order valence-electron chi connectivity index (χ3n) is 3.82. The zero-order chi connectivity index (χ0) is 18.5. The summed E-state index contributed by atoms with van der Waals surface area (Å²) in [6.07, 6.45) is 3.35. The molecule has 0 unspecified atom stereocenters. The molecule has 0 aliphatic carbocycles. The molecule has 2 amide bonds. The Kier molecular flexibility index (Phi) is 5.28. The average molecular weight is 351 g/mol. The van der Waals surface area contributed by atoms with Crippen molar-refractivity contribution >= 4 is 22.6 Å². The fourth-order valence-electron chi connectivity index (χ4n) is 2.68. The van der Waals surface area contributed by atoms with Crippen LogP contribution in [0.3, 0.4) is 0 Å². The average Bonchev–Trinajstić information content (AvgIpc) is 2.59. The number of carbonyl (C=O) groups excluding carboxylic acids is 1. The maximum atomic E-state index is 12.1. The second-order valence-electron chi connectivity index (χ2n) is 6.34. The van der Waals surface area contributed by atoms with Gasteiger partial charge in [0.1, 0.15) is 0 Å². The molecule has 3 aromatic rings. The van der Waals surface area contributed by atoms with Crippen LogP contribution >= 0.6 is 0 Å². The summed E-state index contributed by atoms with van der Waals surface area (Å²) in [5.74, 6) is 0. The molecule has 134 valence electrons. The quantitative estimate of drug-likeness (QED) is 0.658. The van der Waals surface area contributed by atoms with Crippen LogP contribution in [-0.2, 0) is 13.1 Å². The van der Waals surface area contributed by atoms with E-state index in [0.29, 0.717) is 11.3 Å². The lowest BCUT2D eigenvalue weighted by Gasteiger charge is -2.11. The number of hydrogen-bond acceptors (Lipinski definition) is 4. The molecule has 0 radical (unpaired) electrons. The molecule has 2 aromatic heterocycles. The number of aromatic amines is 1. The molecule has 7 nitrogen and oxygen atoms in total. The summed E-state index contributed by atoms with van der Waals surface area (Å²) in [5, 5.41) is 6.37. The van der Waals surface area contributed by atoms with Gasteiger partial charge in [0.05, 0.1) is 11.9 Å². The summed E-state index contributed by atoms with van der Waals surface area (Å²) in [4.78, 5) is 33.2. The van der Waals surface area contributed by atoms with E-state index in [1.807, 2.05) is 49.3 Å². The molecule has 0 bridgehead atoms. The Morgan fingerprint density at radius 2 is 2.00 bits per heavy atom. The van der Waals surface area contributed by atoms with Gasteiger partial charge in [0.25, 0.3) is 5.56 Å². The number of nitrogens with zero attached hydrogens (tertiary/aromatic N) is 2. The normalized spacial score (nSPS) is 10.9. The van der Waals surface area contributed by atoms with Crippen LogP contribution in [0.5, 0.6) is 0 Å². The molecule has 0 saturated heterocycles. The third kappa shape index (κ3) is 4.46. The van der Waals surface area contributed by atoms with Crippen molar-refractivity contribution in [2.75, 3.05) is 19.4 Å². The molecular formula is C19H21N5O2. The molecule has 1 aromatic carbocycles. The van der Waals surface area contributed by atoms with E-state index in [9.17, 15) is 9.59 Å². The van der Waals surface area contributed by atoms with E-state index in [1.165, 1.54) is 0 Å². The van der Waals surface area contributed by atoms with Gasteiger partial charge in [0.15, 0.2) is 0 Å². The lowest BCUT2D eigenvalue weighted by molar-refractivity contribution is 0.251. The molecule has 0 saturated carbocycles. The van der Waals surface area contributed by atoms with Gasteiger partial charge in [-0.15, -0.1) is 0 Å². The molecule has 0 aliphatic rings. The Morgan fingerprint density at radius 3 is 2.81 bits per heavy atom. The summed E-state index contributed by atoms with van der Waals surface area (Å²) in [5.41, 5.74) is 2.67. The van der Waals surface area contributed by atoms with Crippen molar-refractivity contribution in [3.8, 4) is 0 Å². The van der Waals surface area contributed by atoms with Gasteiger partial charge in [-0.2, -0.15) is 0 Å². The second kappa shape index (κ2) is 7.79. The van der Waals surface area contributed by atoms with E-state index in [-0.39, 0.29) is 18.1 Å². The number of aromatic nitrogens is 2. The number of nitrogens with one attached hydrogen (secondary N) is 3. The summed E-state index contributed by atoms with van der Waals surface area (Å²) in [6, 6.07) is 10.8. The number of H-pyrrole nitrogens is 1. The first kappa shape index (κ1) is 17.6. The largest absolute Gasteiger partial charge is 0.334 e. The molecule has 0 fully saturated rings. The third-order valence-corrected chi connectivity index (χ3v) is 3.82. The van der Waals surface area contributed by atoms with Gasteiger partial charge < -0.3 is 20.5 Å². The first-order chi connectivity index (χ1) is 12.5. The maximum absolute atomic E-state index is 12.1. The Hall–Kier alpha value is -3.19. The highest BCUT2D eigenvalue weighted by Gasteiger charge is 2.07. The van der Waals surface area contributed by atoms with Gasteiger partial charge in [0, 0.05) is 30.4 Å². The topological polar surface area (TPSA) is 90.1 Å². The molecule has 3 rings (SSSR count). The van der Waals surface area contributed by atoms with Gasteiger partial charge in [-0.3, -0.25) is 9.78 Å². The van der Waals surface area contributed by atoms with Crippen molar-refractivity contribution in [2.24, 2.45) is 0 Å². The Morgan fingerprint density at radius 1 is 1.19 bits per heavy atom. The highest BCUT2D eigenvalue weighted by atomic mass is 16.2. The van der Waals surface area contributed by atoms with Crippen molar-refractivity contribution in [1.82, 2.24) is 20.2 Å². The van der Waals surface area contributed by atoms with E-state index in [4.69, 9.17) is 0 Å². The lowest BCUT2D eigenvalue weighted by Crippen LogP contribution is -2.30. The molecular weight excluding hydrogens is 330 g/mol. The minimum Gasteiger partial charge on any atom is -0.334 e. The minimum atomic E-state index is -0.388. The van der Waals surface area contributed by atoms with Crippen LogP contribution in [0.25, 0.3) is 10.9 Å². The van der Waals surface area contributed by atoms with E-state index in [2.05, 4.69) is 20.6 Å². The summed E-state index contributed by atoms with van der Waals surface area (Å²) in [7, 11) is 3.93. The van der Waals surface area contributed by atoms with Crippen molar-refractivity contribution < 1.29 is 4.79 Å². The van der Waals surface area contributed by atoms with Crippen LogP contribution in [0.4, 0.5) is 10.5 Å². The Labute approximate surface area is 151 Å². The summed E-state index contributed by atoms with van der Waals surface area (Å²) >= 11 is 0. The van der Waals surface area contributed by atoms with Gasteiger partial charge in [-0.25, -0.2) is 4.79 Å². The smallest absolute Gasteiger partial charge is 0.319 e. The molecule has 0 spiro atoms. The summed E-state index contributed by atoms with van der Waals surface area (Å²) in [6.45, 7) is 0.868. The van der Waals surface area contributed by atoms with E-state index >= 15 is 0 Å². The lowest BCUT2D eigenvalue weighted by atomic mass is 10.1. The predicted molar refractivity (Wildman–Crippen MR) is 102 cm³/mol. The fourth-order valence-corrected chi connectivity index (χ4v) is 2.68. The monoisotopic (exact) mass is 351 g/mol. The molecule has 2 heterocycles.